The normalized spacial score (nSPS) is 10.2. The number of rotatable bonds is 6. The molecule has 0 heterocycles. The molecule has 1 amide bonds. The van der Waals surface area contributed by atoms with Gasteiger partial charge >= 0.3 is 0 Å². The van der Waals surface area contributed by atoms with Gasteiger partial charge in [0.15, 0.2) is 0 Å². The summed E-state index contributed by atoms with van der Waals surface area (Å²) in [7, 11) is 0. The van der Waals surface area contributed by atoms with Crippen molar-refractivity contribution in [3.63, 3.8) is 0 Å². The van der Waals surface area contributed by atoms with Gasteiger partial charge in [0, 0.05) is 30.8 Å². The first-order chi connectivity index (χ1) is 10.6. The molecule has 5 nitrogen and oxygen atoms in total. The van der Waals surface area contributed by atoms with Crippen molar-refractivity contribution in [3.05, 3.63) is 75.8 Å². The first-order valence-corrected chi connectivity index (χ1v) is 7.19. The van der Waals surface area contributed by atoms with Crippen molar-refractivity contribution < 1.29 is 9.72 Å². The van der Waals surface area contributed by atoms with Crippen molar-refractivity contribution in [2.75, 3.05) is 13.1 Å². The molecule has 0 radical (unpaired) electrons. The Balaban J connectivity index is 2.03. The maximum atomic E-state index is 12.4. The second kappa shape index (κ2) is 7.36. The van der Waals surface area contributed by atoms with E-state index in [1.165, 1.54) is 29.8 Å². The predicted molar refractivity (Wildman–Crippen MR) is 84.8 cm³/mol. The molecule has 0 saturated carbocycles. The van der Waals surface area contributed by atoms with Crippen LogP contribution in [-0.2, 0) is 6.42 Å². The number of hydrogen-bond donors (Lipinski definition) is 0. The molecular formula is C17H18N2O3. The van der Waals surface area contributed by atoms with Gasteiger partial charge in [-0.15, -0.1) is 0 Å². The standard InChI is InChI=1S/C17H18N2O3/c1-2-18(13-12-14-6-4-3-5-7-14)17(20)15-8-10-16(11-9-15)19(21)22/h3-11H,2,12-13H2,1H3. The summed E-state index contributed by atoms with van der Waals surface area (Å²) in [4.78, 5) is 24.3. The number of nitrogens with zero attached hydrogens (tertiary/aromatic N) is 2. The van der Waals surface area contributed by atoms with Gasteiger partial charge in [-0.05, 0) is 31.0 Å². The largest absolute Gasteiger partial charge is 0.339 e. The van der Waals surface area contributed by atoms with Crippen LogP contribution in [0.2, 0.25) is 0 Å². The Morgan fingerprint density at radius 3 is 2.27 bits per heavy atom. The Morgan fingerprint density at radius 1 is 1.09 bits per heavy atom. The number of hydrogen-bond acceptors (Lipinski definition) is 3. The quantitative estimate of drug-likeness (QED) is 0.607. The van der Waals surface area contributed by atoms with Gasteiger partial charge in [-0.2, -0.15) is 0 Å². The molecule has 0 aliphatic heterocycles. The number of nitro groups is 1. The number of carbonyl (C=O) groups is 1. The highest BCUT2D eigenvalue weighted by atomic mass is 16.6. The molecule has 0 spiro atoms. The van der Waals surface area contributed by atoms with Crippen LogP contribution < -0.4 is 0 Å². The molecule has 2 rings (SSSR count). The van der Waals surface area contributed by atoms with Gasteiger partial charge in [-0.1, -0.05) is 30.3 Å². The lowest BCUT2D eigenvalue weighted by atomic mass is 10.1. The summed E-state index contributed by atoms with van der Waals surface area (Å²) < 4.78 is 0. The Labute approximate surface area is 129 Å². The van der Waals surface area contributed by atoms with Crippen LogP contribution in [0.3, 0.4) is 0 Å². The number of nitro benzene ring substituents is 1. The first-order valence-electron chi connectivity index (χ1n) is 7.19. The van der Waals surface area contributed by atoms with Crippen LogP contribution in [0.5, 0.6) is 0 Å². The highest BCUT2D eigenvalue weighted by Crippen LogP contribution is 2.14. The molecule has 0 aromatic heterocycles. The third kappa shape index (κ3) is 3.91. The van der Waals surface area contributed by atoms with E-state index < -0.39 is 4.92 Å². The third-order valence-electron chi connectivity index (χ3n) is 3.51. The fourth-order valence-electron chi connectivity index (χ4n) is 2.22. The van der Waals surface area contributed by atoms with Gasteiger partial charge in [0.2, 0.25) is 0 Å². The number of likely N-dealkylation sites (N-methyl/N-ethyl adjacent to an activating group) is 1. The average Bonchev–Trinajstić information content (AvgIpc) is 2.56. The molecule has 2 aromatic carbocycles. The van der Waals surface area contributed by atoms with E-state index in [0.29, 0.717) is 18.7 Å². The van der Waals surface area contributed by atoms with Crippen molar-refractivity contribution in [2.45, 2.75) is 13.3 Å². The molecule has 0 atom stereocenters. The Morgan fingerprint density at radius 2 is 1.73 bits per heavy atom. The summed E-state index contributed by atoms with van der Waals surface area (Å²) in [5, 5.41) is 10.6. The fourth-order valence-corrected chi connectivity index (χ4v) is 2.22. The van der Waals surface area contributed by atoms with Crippen molar-refractivity contribution in [2.24, 2.45) is 0 Å². The maximum Gasteiger partial charge on any atom is 0.269 e. The lowest BCUT2D eigenvalue weighted by molar-refractivity contribution is -0.384. The number of carbonyl (C=O) groups excluding carboxylic acids is 1. The van der Waals surface area contributed by atoms with E-state index in [4.69, 9.17) is 0 Å². The van der Waals surface area contributed by atoms with E-state index in [1.807, 2.05) is 37.3 Å². The topological polar surface area (TPSA) is 63.5 Å². The molecule has 22 heavy (non-hydrogen) atoms. The Bertz CT molecular complexity index is 639. The van der Waals surface area contributed by atoms with Crippen molar-refractivity contribution in [1.29, 1.82) is 0 Å². The molecule has 0 aliphatic rings. The lowest BCUT2D eigenvalue weighted by Gasteiger charge is -2.21. The molecule has 0 unspecified atom stereocenters. The van der Waals surface area contributed by atoms with Crippen LogP contribution in [0, 0.1) is 10.1 Å². The van der Waals surface area contributed by atoms with Crippen LogP contribution in [0.4, 0.5) is 5.69 Å². The van der Waals surface area contributed by atoms with Crippen molar-refractivity contribution in [1.82, 2.24) is 4.90 Å². The zero-order chi connectivity index (χ0) is 15.9. The van der Waals surface area contributed by atoms with E-state index in [1.54, 1.807) is 4.90 Å². The molecule has 0 saturated heterocycles. The maximum absolute atomic E-state index is 12.4. The highest BCUT2D eigenvalue weighted by Gasteiger charge is 2.15. The summed E-state index contributed by atoms with van der Waals surface area (Å²) in [6.07, 6.45) is 0.785. The minimum Gasteiger partial charge on any atom is -0.339 e. The Kier molecular flexibility index (Phi) is 5.25. The van der Waals surface area contributed by atoms with E-state index in [9.17, 15) is 14.9 Å². The lowest BCUT2D eigenvalue weighted by Crippen LogP contribution is -2.32. The average molecular weight is 298 g/mol. The number of amides is 1. The molecule has 5 heteroatoms. The highest BCUT2D eigenvalue weighted by molar-refractivity contribution is 5.94. The van der Waals surface area contributed by atoms with Crippen LogP contribution >= 0.6 is 0 Å². The summed E-state index contributed by atoms with van der Waals surface area (Å²) in [5.41, 5.74) is 1.64. The molecule has 0 N–H and O–H groups in total. The second-order valence-corrected chi connectivity index (χ2v) is 4.92. The zero-order valence-electron chi connectivity index (χ0n) is 12.4. The minimum absolute atomic E-state index is 0.0103. The summed E-state index contributed by atoms with van der Waals surface area (Å²) in [6.45, 7) is 3.15. The molecule has 114 valence electrons. The minimum atomic E-state index is -0.471. The SMILES string of the molecule is CCN(CCc1ccccc1)C(=O)c1ccc([N+](=O)[O-])cc1. The van der Waals surface area contributed by atoms with E-state index in [0.717, 1.165) is 6.42 Å². The summed E-state index contributed by atoms with van der Waals surface area (Å²) in [6, 6.07) is 15.7. The van der Waals surface area contributed by atoms with Gasteiger partial charge in [-0.25, -0.2) is 0 Å². The molecule has 0 fully saturated rings. The molecule has 2 aromatic rings. The first kappa shape index (κ1) is 15.7. The van der Waals surface area contributed by atoms with Crippen LogP contribution in [0.1, 0.15) is 22.8 Å². The van der Waals surface area contributed by atoms with Gasteiger partial charge in [0.1, 0.15) is 0 Å². The van der Waals surface area contributed by atoms with Gasteiger partial charge in [0.25, 0.3) is 11.6 Å². The predicted octanol–water partition coefficient (Wildman–Crippen LogP) is 3.30. The number of non-ortho nitro benzene ring substituents is 1. The Hall–Kier alpha value is -2.69. The fraction of sp³-hybridized carbons (Fsp3) is 0.235. The third-order valence-corrected chi connectivity index (χ3v) is 3.51. The summed E-state index contributed by atoms with van der Waals surface area (Å²) in [5.74, 6) is -0.103. The smallest absolute Gasteiger partial charge is 0.269 e. The molecule has 0 bridgehead atoms. The van der Waals surface area contributed by atoms with Gasteiger partial charge < -0.3 is 4.90 Å². The zero-order valence-corrected chi connectivity index (χ0v) is 12.4. The van der Waals surface area contributed by atoms with E-state index in [-0.39, 0.29) is 11.6 Å². The summed E-state index contributed by atoms with van der Waals surface area (Å²) >= 11 is 0. The van der Waals surface area contributed by atoms with Crippen molar-refractivity contribution >= 4 is 11.6 Å². The molecular weight excluding hydrogens is 280 g/mol. The van der Waals surface area contributed by atoms with E-state index in [2.05, 4.69) is 0 Å². The van der Waals surface area contributed by atoms with E-state index >= 15 is 0 Å². The van der Waals surface area contributed by atoms with Crippen LogP contribution in [0.15, 0.2) is 54.6 Å². The van der Waals surface area contributed by atoms with Crippen LogP contribution in [0.25, 0.3) is 0 Å². The van der Waals surface area contributed by atoms with Crippen LogP contribution in [-0.4, -0.2) is 28.8 Å². The van der Waals surface area contributed by atoms with Crippen molar-refractivity contribution in [3.8, 4) is 0 Å². The molecule has 0 aliphatic carbocycles. The monoisotopic (exact) mass is 298 g/mol. The second-order valence-electron chi connectivity index (χ2n) is 4.92. The van der Waals surface area contributed by atoms with Gasteiger partial charge in [-0.3, -0.25) is 14.9 Å². The number of benzene rings is 2. The van der Waals surface area contributed by atoms with Gasteiger partial charge in [0.05, 0.1) is 4.92 Å².